The van der Waals surface area contributed by atoms with Gasteiger partial charge in [-0.15, -0.1) is 0 Å². The van der Waals surface area contributed by atoms with Gasteiger partial charge >= 0.3 is 6.09 Å². The highest BCUT2D eigenvalue weighted by atomic mass is 16.6. The van der Waals surface area contributed by atoms with E-state index in [1.54, 1.807) is 46.8 Å². The molecule has 0 radical (unpaired) electrons. The molecule has 0 fully saturated rings. The summed E-state index contributed by atoms with van der Waals surface area (Å²) in [6.45, 7) is 10.1. The summed E-state index contributed by atoms with van der Waals surface area (Å²) in [6, 6.07) is 5.70. The monoisotopic (exact) mass is 403 g/mol. The normalized spacial score (nSPS) is 13.0. The molecule has 3 amide bonds. The van der Waals surface area contributed by atoms with Gasteiger partial charge in [-0.05, 0) is 59.2 Å². The number of amides is 3. The van der Waals surface area contributed by atoms with Crippen molar-refractivity contribution in [1.82, 2.24) is 15.5 Å². The van der Waals surface area contributed by atoms with Crippen LogP contribution < -0.4 is 10.6 Å². The number of phenolic OH excluding ortho intramolecular Hbond substituents is 1. The Hall–Kier alpha value is -3.21. The van der Waals surface area contributed by atoms with E-state index in [9.17, 15) is 19.5 Å². The number of nitrogens with one attached hydrogen (secondary N) is 2. The maximum atomic E-state index is 12.9. The minimum absolute atomic E-state index is 0.0748. The third-order valence-electron chi connectivity index (χ3n) is 3.60. The molecular weight excluding hydrogens is 374 g/mol. The number of ether oxygens (including phenoxy) is 1. The van der Waals surface area contributed by atoms with Gasteiger partial charge in [-0.25, -0.2) is 4.79 Å². The molecule has 0 bridgehead atoms. The molecule has 0 aromatic heterocycles. The van der Waals surface area contributed by atoms with Crippen LogP contribution in [0.15, 0.2) is 24.3 Å². The lowest BCUT2D eigenvalue weighted by Gasteiger charge is -2.29. The van der Waals surface area contributed by atoms with Gasteiger partial charge in [-0.3, -0.25) is 14.5 Å². The Labute approximate surface area is 171 Å². The molecule has 29 heavy (non-hydrogen) atoms. The molecule has 8 nitrogen and oxygen atoms in total. The molecule has 0 spiro atoms. The lowest BCUT2D eigenvalue weighted by molar-refractivity contribution is -0.138. The van der Waals surface area contributed by atoms with E-state index in [0.29, 0.717) is 5.56 Å². The topological polar surface area (TPSA) is 108 Å². The third kappa shape index (κ3) is 7.37. The zero-order valence-corrected chi connectivity index (χ0v) is 17.6. The van der Waals surface area contributed by atoms with E-state index >= 15 is 0 Å². The number of alkyl carbamates (subject to hydrolysis) is 1. The molecule has 0 aliphatic heterocycles. The average molecular weight is 403 g/mol. The number of benzene rings is 1. The van der Waals surface area contributed by atoms with Crippen molar-refractivity contribution >= 4 is 17.9 Å². The van der Waals surface area contributed by atoms with Gasteiger partial charge in [-0.1, -0.05) is 18.6 Å². The lowest BCUT2D eigenvalue weighted by Crippen LogP contribution is -2.50. The van der Waals surface area contributed by atoms with Crippen LogP contribution in [-0.4, -0.2) is 45.6 Å². The first-order chi connectivity index (χ1) is 13.4. The first-order valence-electron chi connectivity index (χ1n) is 9.24. The molecule has 0 aliphatic carbocycles. The van der Waals surface area contributed by atoms with Crippen molar-refractivity contribution in [2.45, 2.75) is 65.3 Å². The van der Waals surface area contributed by atoms with Crippen molar-refractivity contribution in [3.63, 3.8) is 0 Å². The quantitative estimate of drug-likeness (QED) is 0.499. The molecule has 0 saturated carbocycles. The second-order valence-corrected chi connectivity index (χ2v) is 7.87. The minimum atomic E-state index is -1.19. The van der Waals surface area contributed by atoms with Crippen molar-refractivity contribution < 1.29 is 24.2 Å². The third-order valence-corrected chi connectivity index (χ3v) is 3.60. The fourth-order valence-electron chi connectivity index (χ4n) is 2.50. The number of rotatable bonds is 6. The fraction of sp³-hybridized carbons (Fsp3) is 0.476. The Bertz CT molecular complexity index is 792. The average Bonchev–Trinajstić information content (AvgIpc) is 2.56. The van der Waals surface area contributed by atoms with Crippen LogP contribution in [0.1, 0.15) is 53.1 Å². The van der Waals surface area contributed by atoms with Gasteiger partial charge in [0.15, 0.2) is 0 Å². The van der Waals surface area contributed by atoms with Crippen LogP contribution in [0.25, 0.3) is 0 Å². The predicted molar refractivity (Wildman–Crippen MR) is 109 cm³/mol. The van der Waals surface area contributed by atoms with Gasteiger partial charge in [-0.2, -0.15) is 0 Å². The second kappa shape index (κ2) is 9.82. The number of hydrogen-bond donors (Lipinski definition) is 3. The highest BCUT2D eigenvalue weighted by molar-refractivity contribution is 5.93. The number of phenols is 1. The maximum Gasteiger partial charge on any atom is 0.408 e. The van der Waals surface area contributed by atoms with Gasteiger partial charge < -0.3 is 20.5 Å². The summed E-state index contributed by atoms with van der Waals surface area (Å²) in [5.74, 6) is -1.26. The summed E-state index contributed by atoms with van der Waals surface area (Å²) in [5, 5.41) is 14.9. The van der Waals surface area contributed by atoms with E-state index in [4.69, 9.17) is 11.2 Å². The standard InChI is InChI=1S/C21H29N3O5/c1-8-24(19(27)14(4)23-20(28)29-21(5,6)7)17(18(26)22-13(2)3)15-10-9-11-16(25)12-15/h1,9-14,17,25H,2-7H3,(H,22,26)(H,23,28). The van der Waals surface area contributed by atoms with Crippen molar-refractivity contribution in [3.05, 3.63) is 29.8 Å². The molecule has 3 N–H and O–H groups in total. The number of hydrogen-bond acceptors (Lipinski definition) is 5. The van der Waals surface area contributed by atoms with E-state index in [1.165, 1.54) is 19.1 Å². The van der Waals surface area contributed by atoms with Crippen LogP contribution in [0.4, 0.5) is 4.79 Å². The van der Waals surface area contributed by atoms with Crippen molar-refractivity contribution in [1.29, 1.82) is 0 Å². The summed E-state index contributed by atoms with van der Waals surface area (Å²) < 4.78 is 5.15. The van der Waals surface area contributed by atoms with Crippen LogP contribution >= 0.6 is 0 Å². The number of terminal acetylenes is 1. The molecule has 0 heterocycles. The SMILES string of the molecule is C#CN(C(=O)C(C)NC(=O)OC(C)(C)C)C(C(=O)NC(C)C)c1cccc(O)c1. The molecular formula is C21H29N3O5. The van der Waals surface area contributed by atoms with E-state index in [0.717, 1.165) is 4.90 Å². The van der Waals surface area contributed by atoms with Crippen LogP contribution in [0.3, 0.4) is 0 Å². The fourth-order valence-corrected chi connectivity index (χ4v) is 2.50. The van der Waals surface area contributed by atoms with Gasteiger partial charge in [0.1, 0.15) is 23.4 Å². The number of nitrogens with zero attached hydrogens (tertiary/aromatic N) is 1. The number of carbonyl (C=O) groups excluding carboxylic acids is 3. The van der Waals surface area contributed by atoms with Crippen molar-refractivity contribution in [2.24, 2.45) is 0 Å². The summed E-state index contributed by atoms with van der Waals surface area (Å²) in [7, 11) is 0. The Kier molecular flexibility index (Phi) is 8.07. The molecule has 1 aromatic carbocycles. The first kappa shape index (κ1) is 23.8. The predicted octanol–water partition coefficient (Wildman–Crippen LogP) is 2.29. The van der Waals surface area contributed by atoms with Gasteiger partial charge in [0.05, 0.1) is 0 Å². The molecule has 158 valence electrons. The molecule has 0 saturated heterocycles. The molecule has 1 aromatic rings. The largest absolute Gasteiger partial charge is 0.508 e. The van der Waals surface area contributed by atoms with Gasteiger partial charge in [0.25, 0.3) is 5.91 Å². The summed E-state index contributed by atoms with van der Waals surface area (Å²) >= 11 is 0. The zero-order valence-electron chi connectivity index (χ0n) is 17.6. The summed E-state index contributed by atoms with van der Waals surface area (Å²) in [4.78, 5) is 38.6. The number of carbonyl (C=O) groups is 3. The van der Waals surface area contributed by atoms with Gasteiger partial charge in [0, 0.05) is 12.1 Å². The summed E-state index contributed by atoms with van der Waals surface area (Å²) in [5.41, 5.74) is -0.404. The highest BCUT2D eigenvalue weighted by Crippen LogP contribution is 2.25. The van der Waals surface area contributed by atoms with Crippen LogP contribution in [0.2, 0.25) is 0 Å². The maximum absolute atomic E-state index is 12.9. The smallest absolute Gasteiger partial charge is 0.408 e. The first-order valence-corrected chi connectivity index (χ1v) is 9.24. The van der Waals surface area contributed by atoms with Crippen LogP contribution in [0, 0.1) is 12.5 Å². The summed E-state index contributed by atoms with van der Waals surface area (Å²) in [6.07, 6.45) is 4.78. The second-order valence-electron chi connectivity index (χ2n) is 7.87. The van der Waals surface area contributed by atoms with Gasteiger partial charge in [0.2, 0.25) is 5.91 Å². The molecule has 2 unspecified atom stereocenters. The lowest BCUT2D eigenvalue weighted by atomic mass is 10.0. The van der Waals surface area contributed by atoms with E-state index in [1.807, 2.05) is 0 Å². The Morgan fingerprint density at radius 1 is 1.17 bits per heavy atom. The van der Waals surface area contributed by atoms with Crippen LogP contribution in [0.5, 0.6) is 5.75 Å². The van der Waals surface area contributed by atoms with E-state index in [2.05, 4.69) is 16.7 Å². The van der Waals surface area contributed by atoms with E-state index in [-0.39, 0.29) is 11.8 Å². The molecule has 8 heteroatoms. The Balaban J connectivity index is 3.17. The molecule has 2 atom stereocenters. The van der Waals surface area contributed by atoms with Crippen molar-refractivity contribution in [3.8, 4) is 18.2 Å². The Morgan fingerprint density at radius 3 is 2.28 bits per heavy atom. The van der Waals surface area contributed by atoms with Crippen molar-refractivity contribution in [2.75, 3.05) is 0 Å². The molecule has 1 rings (SSSR count). The minimum Gasteiger partial charge on any atom is -0.508 e. The Morgan fingerprint density at radius 2 is 1.79 bits per heavy atom. The zero-order chi connectivity index (χ0) is 22.4. The molecule has 0 aliphatic rings. The van der Waals surface area contributed by atoms with E-state index < -0.39 is 35.6 Å². The highest BCUT2D eigenvalue weighted by Gasteiger charge is 2.34. The van der Waals surface area contributed by atoms with Crippen LogP contribution in [-0.2, 0) is 14.3 Å². The number of aromatic hydroxyl groups is 1.